The van der Waals surface area contributed by atoms with Crippen LogP contribution in [0.4, 0.5) is 5.69 Å². The molecule has 0 N–H and O–H groups in total. The lowest BCUT2D eigenvalue weighted by Crippen LogP contribution is -2.17. The van der Waals surface area contributed by atoms with Crippen LogP contribution in [-0.4, -0.2) is 18.5 Å². The Labute approximate surface area is 118 Å². The van der Waals surface area contributed by atoms with E-state index in [2.05, 4.69) is 37.0 Å². The first-order valence-electron chi connectivity index (χ1n) is 6.07. The van der Waals surface area contributed by atoms with Crippen molar-refractivity contribution in [2.45, 2.75) is 25.2 Å². The van der Waals surface area contributed by atoms with Crippen LogP contribution < -0.4 is 9.64 Å². The van der Waals surface area contributed by atoms with E-state index < -0.39 is 0 Å². The molecule has 0 atom stereocenters. The first-order chi connectivity index (χ1) is 8.69. The van der Waals surface area contributed by atoms with Gasteiger partial charge >= 0.3 is 0 Å². The zero-order chi connectivity index (χ0) is 13.1. The summed E-state index contributed by atoms with van der Waals surface area (Å²) in [6.45, 7) is 5.18. The van der Waals surface area contributed by atoms with Crippen LogP contribution in [0, 0.1) is 0 Å². The first-order valence-corrected chi connectivity index (χ1v) is 7.30. The first kappa shape index (κ1) is 13.4. The highest BCUT2D eigenvalue weighted by atomic mass is 32.2. The average molecular weight is 279 g/mol. The predicted molar refractivity (Wildman–Crippen MR) is 82.8 cm³/mol. The summed E-state index contributed by atoms with van der Waals surface area (Å²) in [7, 11) is 1.70. The molecule has 0 bridgehead atoms. The van der Waals surface area contributed by atoms with Crippen molar-refractivity contribution >= 4 is 34.5 Å². The van der Waals surface area contributed by atoms with Gasteiger partial charge in [0.1, 0.15) is 5.75 Å². The number of thiocarbonyl (C=S) groups is 1. The van der Waals surface area contributed by atoms with Crippen molar-refractivity contribution < 1.29 is 4.74 Å². The Morgan fingerprint density at radius 3 is 2.83 bits per heavy atom. The van der Waals surface area contributed by atoms with E-state index in [1.165, 1.54) is 15.6 Å². The maximum absolute atomic E-state index is 5.31. The van der Waals surface area contributed by atoms with Crippen LogP contribution in [0.5, 0.6) is 5.75 Å². The summed E-state index contributed by atoms with van der Waals surface area (Å²) in [6.07, 6.45) is 3.02. The van der Waals surface area contributed by atoms with Crippen molar-refractivity contribution in [2.24, 2.45) is 0 Å². The molecule has 0 aliphatic carbocycles. The molecule has 0 radical (unpaired) electrons. The second kappa shape index (κ2) is 5.76. The van der Waals surface area contributed by atoms with E-state index in [1.807, 2.05) is 6.07 Å². The number of thioether (sulfide) groups is 1. The largest absolute Gasteiger partial charge is 0.497 e. The normalized spacial score (nSPS) is 15.9. The lowest BCUT2D eigenvalue weighted by atomic mass is 10.2. The van der Waals surface area contributed by atoms with Crippen molar-refractivity contribution in [3.63, 3.8) is 0 Å². The second-order valence-corrected chi connectivity index (χ2v) is 5.57. The monoisotopic (exact) mass is 279 g/mol. The molecular weight excluding hydrogens is 262 g/mol. The van der Waals surface area contributed by atoms with Gasteiger partial charge in [-0.3, -0.25) is 0 Å². The molecular formula is C14H17NOS2. The van der Waals surface area contributed by atoms with E-state index in [4.69, 9.17) is 17.0 Å². The average Bonchev–Trinajstić information content (AvgIpc) is 2.74. The van der Waals surface area contributed by atoms with Crippen LogP contribution in [0.2, 0.25) is 0 Å². The SMILES string of the molecule is CCC(=S)/C=C1/Sc2ccc(OC)cc2N1CC. The Balaban J connectivity index is 2.37. The molecule has 4 heteroatoms. The Hall–Kier alpha value is -1.00. The number of fused-ring (bicyclic) bond motifs is 1. The van der Waals surface area contributed by atoms with Crippen LogP contribution in [0.1, 0.15) is 20.3 Å². The summed E-state index contributed by atoms with van der Waals surface area (Å²) < 4.78 is 5.29. The number of rotatable bonds is 4. The molecule has 0 spiro atoms. The standard InChI is InChI=1S/C14H17NOS2/c1-4-11(17)9-14-15(5-2)12-8-10(16-3)6-7-13(12)18-14/h6-9H,4-5H2,1-3H3/b14-9+. The van der Waals surface area contributed by atoms with Gasteiger partial charge in [-0.05, 0) is 31.6 Å². The smallest absolute Gasteiger partial charge is 0.121 e. The summed E-state index contributed by atoms with van der Waals surface area (Å²) in [6, 6.07) is 6.19. The molecule has 1 aliphatic rings. The van der Waals surface area contributed by atoms with E-state index >= 15 is 0 Å². The van der Waals surface area contributed by atoms with Crippen LogP contribution in [-0.2, 0) is 0 Å². The Bertz CT molecular complexity index is 497. The molecule has 1 aromatic carbocycles. The van der Waals surface area contributed by atoms with Gasteiger partial charge in [0, 0.05) is 22.4 Å². The molecule has 96 valence electrons. The summed E-state index contributed by atoms with van der Waals surface area (Å²) >= 11 is 7.09. The van der Waals surface area contributed by atoms with E-state index in [-0.39, 0.29) is 0 Å². The number of allylic oxidation sites excluding steroid dienone is 1. The summed E-state index contributed by atoms with van der Waals surface area (Å²) in [5.41, 5.74) is 1.21. The molecule has 0 unspecified atom stereocenters. The van der Waals surface area contributed by atoms with Crippen LogP contribution in [0.15, 0.2) is 34.2 Å². The molecule has 1 heterocycles. The second-order valence-electron chi connectivity index (χ2n) is 3.98. The maximum atomic E-state index is 5.31. The highest BCUT2D eigenvalue weighted by Gasteiger charge is 2.24. The highest BCUT2D eigenvalue weighted by Crippen LogP contribution is 2.47. The van der Waals surface area contributed by atoms with Gasteiger partial charge in [-0.1, -0.05) is 30.9 Å². The highest BCUT2D eigenvalue weighted by molar-refractivity contribution is 8.03. The zero-order valence-electron chi connectivity index (χ0n) is 10.9. The summed E-state index contributed by atoms with van der Waals surface area (Å²) in [5, 5.41) is 1.22. The minimum absolute atomic E-state index is 0.895. The third kappa shape index (κ3) is 2.54. The fraction of sp³-hybridized carbons (Fsp3) is 0.357. The van der Waals surface area contributed by atoms with Crippen molar-refractivity contribution in [2.75, 3.05) is 18.6 Å². The van der Waals surface area contributed by atoms with E-state index in [0.29, 0.717) is 0 Å². The van der Waals surface area contributed by atoms with Crippen molar-refractivity contribution in [1.82, 2.24) is 0 Å². The molecule has 1 aliphatic heterocycles. The molecule has 2 nitrogen and oxygen atoms in total. The number of methoxy groups -OCH3 is 1. The third-order valence-electron chi connectivity index (χ3n) is 2.89. The number of ether oxygens (including phenoxy) is 1. The van der Waals surface area contributed by atoms with Gasteiger partial charge in [-0.15, -0.1) is 0 Å². The lowest BCUT2D eigenvalue weighted by Gasteiger charge is -2.18. The predicted octanol–water partition coefficient (Wildman–Crippen LogP) is 4.25. The third-order valence-corrected chi connectivity index (χ3v) is 4.41. The number of hydrogen-bond acceptors (Lipinski definition) is 4. The Morgan fingerprint density at radius 1 is 1.44 bits per heavy atom. The molecule has 0 saturated carbocycles. The van der Waals surface area contributed by atoms with Gasteiger partial charge in [0.15, 0.2) is 0 Å². The minimum atomic E-state index is 0.895. The molecule has 1 aromatic rings. The van der Waals surface area contributed by atoms with Gasteiger partial charge in [0.2, 0.25) is 0 Å². The summed E-state index contributed by atoms with van der Waals surface area (Å²) in [4.78, 5) is 4.54. The number of nitrogens with zero attached hydrogens (tertiary/aromatic N) is 1. The fourth-order valence-electron chi connectivity index (χ4n) is 1.88. The zero-order valence-corrected chi connectivity index (χ0v) is 12.5. The summed E-state index contributed by atoms with van der Waals surface area (Å²) in [5.74, 6) is 0.895. The fourth-order valence-corrected chi connectivity index (χ4v) is 3.24. The molecule has 0 aromatic heterocycles. The topological polar surface area (TPSA) is 12.5 Å². The van der Waals surface area contributed by atoms with Crippen LogP contribution >= 0.6 is 24.0 Å². The quantitative estimate of drug-likeness (QED) is 0.603. The lowest BCUT2D eigenvalue weighted by molar-refractivity contribution is 0.414. The van der Waals surface area contributed by atoms with Crippen molar-refractivity contribution in [1.29, 1.82) is 0 Å². The van der Waals surface area contributed by atoms with E-state index in [0.717, 1.165) is 23.6 Å². The van der Waals surface area contributed by atoms with E-state index in [1.54, 1.807) is 18.9 Å². The minimum Gasteiger partial charge on any atom is -0.497 e. The van der Waals surface area contributed by atoms with Crippen molar-refractivity contribution in [3.05, 3.63) is 29.3 Å². The van der Waals surface area contributed by atoms with Crippen molar-refractivity contribution in [3.8, 4) is 5.75 Å². The van der Waals surface area contributed by atoms with Crippen LogP contribution in [0.3, 0.4) is 0 Å². The Morgan fingerprint density at radius 2 is 2.22 bits per heavy atom. The van der Waals surface area contributed by atoms with Crippen LogP contribution in [0.25, 0.3) is 0 Å². The van der Waals surface area contributed by atoms with Gasteiger partial charge in [-0.2, -0.15) is 0 Å². The molecule has 2 rings (SSSR count). The van der Waals surface area contributed by atoms with E-state index in [9.17, 15) is 0 Å². The van der Waals surface area contributed by atoms with Gasteiger partial charge < -0.3 is 9.64 Å². The van der Waals surface area contributed by atoms with Gasteiger partial charge in [0.25, 0.3) is 0 Å². The van der Waals surface area contributed by atoms with Gasteiger partial charge in [-0.25, -0.2) is 0 Å². The maximum Gasteiger partial charge on any atom is 0.121 e. The molecule has 0 saturated heterocycles. The molecule has 0 amide bonds. The molecule has 18 heavy (non-hydrogen) atoms. The molecule has 0 fully saturated rings. The number of anilines is 1. The number of hydrogen-bond donors (Lipinski definition) is 0. The Kier molecular flexibility index (Phi) is 4.30. The number of benzene rings is 1. The van der Waals surface area contributed by atoms with Gasteiger partial charge in [0.05, 0.1) is 17.8 Å².